The Morgan fingerprint density at radius 3 is 2.54 bits per heavy atom. The molecular weight excluding hydrogens is 468 g/mol. The Balaban J connectivity index is 1.31. The van der Waals surface area contributed by atoms with Gasteiger partial charge in [0, 0.05) is 11.6 Å². The van der Waals surface area contributed by atoms with Crippen molar-refractivity contribution in [3.05, 3.63) is 46.2 Å². The molecule has 2 aromatic rings. The van der Waals surface area contributed by atoms with Crippen molar-refractivity contribution >= 4 is 17.9 Å². The molecule has 6 aliphatic rings. The lowest BCUT2D eigenvalue weighted by molar-refractivity contribution is -0.0794. The number of hydrogen-bond donors (Lipinski definition) is 1. The summed E-state index contributed by atoms with van der Waals surface area (Å²) in [6, 6.07) is 8.38. The molecule has 2 aliphatic heterocycles. The Morgan fingerprint density at radius 1 is 1.19 bits per heavy atom. The van der Waals surface area contributed by atoms with Gasteiger partial charge in [-0.15, -0.1) is 0 Å². The average molecular weight is 495 g/mol. The molecule has 5 fully saturated rings. The largest absolute Gasteiger partial charge is 0.438 e. The molecule has 2 bridgehead atoms. The van der Waals surface area contributed by atoms with E-state index in [-0.39, 0.29) is 29.0 Å². The minimum absolute atomic E-state index is 0.0189. The fraction of sp³-hybridized carbons (Fsp3) is 0.464. The number of nitrogens with zero attached hydrogens (tertiary/aromatic N) is 5. The number of carbonyl (C=O) groups is 1. The van der Waals surface area contributed by atoms with Crippen molar-refractivity contribution in [2.45, 2.75) is 76.3 Å². The number of carbonyl (C=O) groups excluding carboxylic acids is 1. The average Bonchev–Trinajstić information content (AvgIpc) is 3.14. The quantitative estimate of drug-likeness (QED) is 0.604. The van der Waals surface area contributed by atoms with E-state index in [4.69, 9.17) is 19.7 Å². The van der Waals surface area contributed by atoms with Crippen LogP contribution in [0.3, 0.4) is 0 Å². The zero-order valence-corrected chi connectivity index (χ0v) is 21.0. The number of aromatic nitrogens is 2. The Labute approximate surface area is 214 Å². The summed E-state index contributed by atoms with van der Waals surface area (Å²) in [6.45, 7) is 5.80. The summed E-state index contributed by atoms with van der Waals surface area (Å²) in [6.07, 6.45) is 7.32. The van der Waals surface area contributed by atoms with Crippen LogP contribution >= 0.6 is 0 Å². The molecule has 37 heavy (non-hydrogen) atoms. The summed E-state index contributed by atoms with van der Waals surface area (Å²) in [5.41, 5.74) is 2.14. The first-order valence-corrected chi connectivity index (χ1v) is 12.7. The zero-order valence-electron chi connectivity index (χ0n) is 21.0. The van der Waals surface area contributed by atoms with E-state index in [1.54, 1.807) is 6.08 Å². The van der Waals surface area contributed by atoms with Gasteiger partial charge in [-0.1, -0.05) is 0 Å². The molecule has 1 aromatic carbocycles. The van der Waals surface area contributed by atoms with Gasteiger partial charge in [-0.3, -0.25) is 9.69 Å². The maximum absolute atomic E-state index is 13.7. The summed E-state index contributed by atoms with van der Waals surface area (Å²) in [5.74, 6) is 1.13. The molecule has 0 radical (unpaired) electrons. The van der Waals surface area contributed by atoms with E-state index in [0.29, 0.717) is 28.8 Å². The van der Waals surface area contributed by atoms with Gasteiger partial charge in [-0.25, -0.2) is 4.98 Å². The molecule has 1 amide bonds. The predicted octanol–water partition coefficient (Wildman–Crippen LogP) is 4.47. The van der Waals surface area contributed by atoms with E-state index < -0.39 is 5.72 Å². The maximum Gasteiger partial charge on any atom is 0.276 e. The van der Waals surface area contributed by atoms with Crippen LogP contribution in [0, 0.1) is 41.9 Å². The molecule has 4 saturated carbocycles. The highest BCUT2D eigenvalue weighted by molar-refractivity contribution is 5.99. The molecule has 4 aliphatic carbocycles. The molecule has 8 rings (SSSR count). The molecule has 1 N–H and O–H groups in total. The van der Waals surface area contributed by atoms with E-state index >= 15 is 0 Å². The van der Waals surface area contributed by atoms with Crippen molar-refractivity contribution in [1.82, 2.24) is 14.9 Å². The minimum atomic E-state index is -0.982. The van der Waals surface area contributed by atoms with E-state index in [1.165, 1.54) is 6.08 Å². The van der Waals surface area contributed by atoms with Gasteiger partial charge in [0.05, 0.1) is 35.3 Å². The van der Waals surface area contributed by atoms with E-state index in [0.717, 1.165) is 48.8 Å². The number of nitriles is 2. The van der Waals surface area contributed by atoms with Gasteiger partial charge in [-0.2, -0.15) is 15.5 Å². The van der Waals surface area contributed by atoms with Crippen LogP contribution in [0.25, 0.3) is 6.08 Å². The number of fused-ring (bicyclic) bond motifs is 5. The second kappa shape index (κ2) is 7.08. The third-order valence-corrected chi connectivity index (χ3v) is 8.79. The minimum Gasteiger partial charge on any atom is -0.438 e. The van der Waals surface area contributed by atoms with Gasteiger partial charge in [-0.05, 0) is 87.8 Å². The van der Waals surface area contributed by atoms with E-state index in [1.807, 2.05) is 43.9 Å². The lowest BCUT2D eigenvalue weighted by Gasteiger charge is -2.66. The van der Waals surface area contributed by atoms with Crippen LogP contribution in [0.5, 0.6) is 11.6 Å². The number of ether oxygens (including phenoxy) is 2. The number of allylic oxidation sites excluding steroid dienone is 1. The van der Waals surface area contributed by atoms with Crippen LogP contribution in [-0.2, 0) is 10.5 Å². The van der Waals surface area contributed by atoms with Crippen molar-refractivity contribution in [2.24, 2.45) is 5.41 Å². The number of aryl methyl sites for hydroxylation is 2. The molecular formula is C28H26N6O3. The third-order valence-electron chi connectivity index (χ3n) is 8.79. The van der Waals surface area contributed by atoms with Crippen molar-refractivity contribution in [3.63, 3.8) is 0 Å². The van der Waals surface area contributed by atoms with Gasteiger partial charge in [0.1, 0.15) is 11.4 Å². The topological polar surface area (TPSA) is 124 Å². The van der Waals surface area contributed by atoms with Crippen LogP contribution in [0.1, 0.15) is 71.8 Å². The molecule has 1 saturated heterocycles. The number of amides is 1. The first-order chi connectivity index (χ1) is 17.7. The van der Waals surface area contributed by atoms with Crippen LogP contribution in [-0.4, -0.2) is 38.5 Å². The highest BCUT2D eigenvalue weighted by Crippen LogP contribution is 2.68. The van der Waals surface area contributed by atoms with Gasteiger partial charge in [0.25, 0.3) is 5.91 Å². The van der Waals surface area contributed by atoms with Crippen LogP contribution in [0.15, 0.2) is 18.2 Å². The second-order valence-electron chi connectivity index (χ2n) is 11.4. The SMILES string of the molecule is Cc1cc(/C=C/C#N)cc(C)c1Oc1nc(NC23CC(C#N)(C2)C3)nc2c1[C@]1(C)O[C@@H]3CC[C@@H]3N1C2=O. The van der Waals surface area contributed by atoms with Crippen LogP contribution in [0.4, 0.5) is 5.95 Å². The van der Waals surface area contributed by atoms with Gasteiger partial charge >= 0.3 is 0 Å². The molecule has 1 aromatic heterocycles. The normalized spacial score (nSPS) is 33.9. The first-order valence-electron chi connectivity index (χ1n) is 12.7. The second-order valence-corrected chi connectivity index (χ2v) is 11.4. The molecule has 186 valence electrons. The molecule has 0 unspecified atom stereocenters. The maximum atomic E-state index is 13.7. The molecule has 0 spiro atoms. The fourth-order valence-corrected chi connectivity index (χ4v) is 7.08. The highest BCUT2D eigenvalue weighted by atomic mass is 16.6. The molecule has 9 nitrogen and oxygen atoms in total. The van der Waals surface area contributed by atoms with E-state index in [2.05, 4.69) is 16.4 Å². The summed E-state index contributed by atoms with van der Waals surface area (Å²) in [7, 11) is 0. The van der Waals surface area contributed by atoms with Crippen molar-refractivity contribution < 1.29 is 14.3 Å². The Kier molecular flexibility index (Phi) is 4.26. The number of rotatable bonds is 5. The molecule has 9 heteroatoms. The molecule has 3 heterocycles. The van der Waals surface area contributed by atoms with Crippen molar-refractivity contribution in [1.29, 1.82) is 10.5 Å². The number of hydrogen-bond acceptors (Lipinski definition) is 8. The van der Waals surface area contributed by atoms with Gasteiger partial charge in [0.15, 0.2) is 5.72 Å². The van der Waals surface area contributed by atoms with Crippen molar-refractivity contribution in [3.8, 4) is 23.8 Å². The van der Waals surface area contributed by atoms with E-state index in [9.17, 15) is 10.1 Å². The number of nitrogens with one attached hydrogen (secondary N) is 1. The summed E-state index contributed by atoms with van der Waals surface area (Å²) >= 11 is 0. The molecule has 3 atom stereocenters. The van der Waals surface area contributed by atoms with Gasteiger partial charge in [0.2, 0.25) is 11.8 Å². The Bertz CT molecular complexity index is 1470. The lowest BCUT2D eigenvalue weighted by atomic mass is 9.40. The number of anilines is 1. The predicted molar refractivity (Wildman–Crippen MR) is 132 cm³/mol. The van der Waals surface area contributed by atoms with Crippen LogP contribution < -0.4 is 10.1 Å². The lowest BCUT2D eigenvalue weighted by Crippen LogP contribution is -2.70. The monoisotopic (exact) mass is 494 g/mol. The number of benzene rings is 1. The smallest absolute Gasteiger partial charge is 0.276 e. The Morgan fingerprint density at radius 2 is 1.92 bits per heavy atom. The van der Waals surface area contributed by atoms with Crippen LogP contribution in [0.2, 0.25) is 0 Å². The van der Waals surface area contributed by atoms with Crippen molar-refractivity contribution in [2.75, 3.05) is 5.32 Å². The summed E-state index contributed by atoms with van der Waals surface area (Å²) in [4.78, 5) is 25.0. The summed E-state index contributed by atoms with van der Waals surface area (Å²) in [5, 5.41) is 21.7. The standard InChI is InChI=1S/C28H26N6O3/c1-15-9-17(5-4-8-29)10-16(2)22(15)36-23-20-21(24(35)34-18-6-7-19(18)37-26(20,34)3)31-25(32-23)33-28-11-27(12-28,13-28)14-30/h4-5,9-10,18-19H,6-7,11-13H2,1-3H3,(H,31,32,33)/b5-4+/t18-,19+,26-,27?,28?/m0/s1. The zero-order chi connectivity index (χ0) is 25.7. The third kappa shape index (κ3) is 2.89. The Hall–Kier alpha value is -3.95. The fourth-order valence-electron chi connectivity index (χ4n) is 7.08. The van der Waals surface area contributed by atoms with Gasteiger partial charge < -0.3 is 14.8 Å². The summed E-state index contributed by atoms with van der Waals surface area (Å²) < 4.78 is 13.0. The first kappa shape index (κ1) is 22.3. The highest BCUT2D eigenvalue weighted by Gasteiger charge is 2.69.